The van der Waals surface area contributed by atoms with Gasteiger partial charge >= 0.3 is 5.97 Å². The fourth-order valence-electron chi connectivity index (χ4n) is 3.69. The summed E-state index contributed by atoms with van der Waals surface area (Å²) < 4.78 is 11.0. The predicted molar refractivity (Wildman–Crippen MR) is 107 cm³/mol. The van der Waals surface area contributed by atoms with Crippen molar-refractivity contribution in [2.24, 2.45) is 5.92 Å². The Kier molecular flexibility index (Phi) is 6.51. The summed E-state index contributed by atoms with van der Waals surface area (Å²) >= 11 is 0. The second-order valence-corrected chi connectivity index (χ2v) is 7.41. The van der Waals surface area contributed by atoms with E-state index in [-0.39, 0.29) is 11.9 Å². The molecular formula is C23H29NO3. The van der Waals surface area contributed by atoms with Gasteiger partial charge in [0, 0.05) is 30.9 Å². The third kappa shape index (κ3) is 4.89. The molecule has 4 nitrogen and oxygen atoms in total. The number of hydrogen-bond acceptors (Lipinski definition) is 4. The van der Waals surface area contributed by atoms with Gasteiger partial charge in [0.15, 0.2) is 0 Å². The number of rotatable bonds is 6. The van der Waals surface area contributed by atoms with Crippen LogP contribution < -0.4 is 0 Å². The van der Waals surface area contributed by atoms with Crippen LogP contribution in [0.2, 0.25) is 0 Å². The van der Waals surface area contributed by atoms with Gasteiger partial charge in [0.1, 0.15) is 12.4 Å². The van der Waals surface area contributed by atoms with Crippen LogP contribution in [-0.2, 0) is 27.3 Å². The number of carbonyl (C=O) groups is 1. The van der Waals surface area contributed by atoms with E-state index in [1.54, 1.807) is 0 Å². The second-order valence-electron chi connectivity index (χ2n) is 7.41. The average molecular weight is 367 g/mol. The van der Waals surface area contributed by atoms with Gasteiger partial charge in [-0.05, 0) is 49.7 Å². The number of benzene rings is 1. The normalized spacial score (nSPS) is 20.1. The van der Waals surface area contributed by atoms with E-state index in [1.807, 2.05) is 0 Å². The summed E-state index contributed by atoms with van der Waals surface area (Å²) in [6.45, 7) is 1.61. The van der Waals surface area contributed by atoms with Crippen molar-refractivity contribution < 1.29 is 14.3 Å². The Morgan fingerprint density at radius 2 is 2.07 bits per heavy atom. The molecule has 0 amide bonds. The SMILES string of the molecule is COC(=O)CCC1C=CC2=C(Cc3ccccc3CO2)C1=CCCN(C)C. The molecule has 0 fully saturated rings. The smallest absolute Gasteiger partial charge is 0.305 e. The number of allylic oxidation sites excluding steroid dienone is 4. The zero-order valence-corrected chi connectivity index (χ0v) is 16.5. The summed E-state index contributed by atoms with van der Waals surface area (Å²) in [5.41, 5.74) is 5.13. The maximum atomic E-state index is 11.7. The van der Waals surface area contributed by atoms with Gasteiger partial charge in [-0.3, -0.25) is 4.79 Å². The molecular weight excluding hydrogens is 338 g/mol. The molecule has 0 bridgehead atoms. The minimum absolute atomic E-state index is 0.154. The molecule has 2 aliphatic rings. The van der Waals surface area contributed by atoms with Gasteiger partial charge in [0.25, 0.3) is 0 Å². The van der Waals surface area contributed by atoms with Crippen molar-refractivity contribution >= 4 is 5.97 Å². The van der Waals surface area contributed by atoms with E-state index in [0.717, 1.165) is 31.6 Å². The van der Waals surface area contributed by atoms with E-state index >= 15 is 0 Å². The van der Waals surface area contributed by atoms with Gasteiger partial charge in [0.2, 0.25) is 0 Å². The summed E-state index contributed by atoms with van der Waals surface area (Å²) in [7, 11) is 5.62. The van der Waals surface area contributed by atoms with Gasteiger partial charge in [0.05, 0.1) is 7.11 Å². The van der Waals surface area contributed by atoms with Gasteiger partial charge < -0.3 is 14.4 Å². The zero-order chi connectivity index (χ0) is 19.2. The molecule has 0 spiro atoms. The van der Waals surface area contributed by atoms with Crippen LogP contribution >= 0.6 is 0 Å². The van der Waals surface area contributed by atoms with E-state index in [1.165, 1.54) is 29.4 Å². The Hall–Kier alpha value is -2.33. The van der Waals surface area contributed by atoms with Crippen molar-refractivity contribution in [3.63, 3.8) is 0 Å². The highest BCUT2D eigenvalue weighted by Gasteiger charge is 2.26. The summed E-state index contributed by atoms with van der Waals surface area (Å²) in [6, 6.07) is 8.48. The second kappa shape index (κ2) is 9.05. The Labute approximate surface area is 162 Å². The van der Waals surface area contributed by atoms with Crippen LogP contribution in [-0.4, -0.2) is 38.6 Å². The van der Waals surface area contributed by atoms with Crippen LogP contribution in [0.3, 0.4) is 0 Å². The Balaban J connectivity index is 1.88. The van der Waals surface area contributed by atoms with E-state index in [9.17, 15) is 4.79 Å². The lowest BCUT2D eigenvalue weighted by atomic mass is 9.81. The summed E-state index contributed by atoms with van der Waals surface area (Å²) in [5.74, 6) is 1.04. The van der Waals surface area contributed by atoms with Gasteiger partial charge in [-0.25, -0.2) is 0 Å². The van der Waals surface area contributed by atoms with Crippen molar-refractivity contribution in [1.29, 1.82) is 0 Å². The monoisotopic (exact) mass is 367 g/mol. The first kappa shape index (κ1) is 19.4. The molecule has 1 aliphatic carbocycles. The molecule has 144 valence electrons. The van der Waals surface area contributed by atoms with Crippen molar-refractivity contribution in [1.82, 2.24) is 4.90 Å². The van der Waals surface area contributed by atoms with Crippen LogP contribution in [0.4, 0.5) is 0 Å². The maximum Gasteiger partial charge on any atom is 0.305 e. The number of esters is 1. The first-order valence-corrected chi connectivity index (χ1v) is 9.61. The number of fused-ring (bicyclic) bond motifs is 1. The average Bonchev–Trinajstić information content (AvgIpc) is 2.86. The largest absolute Gasteiger partial charge is 0.489 e. The molecule has 1 aromatic carbocycles. The third-order valence-electron chi connectivity index (χ3n) is 5.22. The molecule has 1 heterocycles. The van der Waals surface area contributed by atoms with Crippen LogP contribution in [0.1, 0.15) is 30.4 Å². The molecule has 1 aliphatic heterocycles. The van der Waals surface area contributed by atoms with E-state index in [0.29, 0.717) is 13.0 Å². The number of nitrogens with zero attached hydrogens (tertiary/aromatic N) is 1. The molecule has 1 unspecified atom stereocenters. The molecule has 0 saturated carbocycles. The molecule has 3 rings (SSSR count). The predicted octanol–water partition coefficient (Wildman–Crippen LogP) is 4.03. The van der Waals surface area contributed by atoms with Crippen molar-refractivity contribution in [2.75, 3.05) is 27.7 Å². The molecule has 0 N–H and O–H groups in total. The minimum Gasteiger partial charge on any atom is -0.489 e. The lowest BCUT2D eigenvalue weighted by Crippen LogP contribution is -2.16. The van der Waals surface area contributed by atoms with Crippen LogP contribution in [0.5, 0.6) is 0 Å². The number of carbonyl (C=O) groups excluding carboxylic acids is 1. The van der Waals surface area contributed by atoms with Crippen molar-refractivity contribution in [3.05, 3.63) is 70.5 Å². The number of hydrogen-bond donors (Lipinski definition) is 0. The van der Waals surface area contributed by atoms with Gasteiger partial charge in [-0.15, -0.1) is 0 Å². The van der Waals surface area contributed by atoms with Crippen LogP contribution in [0.25, 0.3) is 0 Å². The standard InChI is InChI=1S/C23H29NO3/c1-24(2)14-6-9-20-17(11-13-23(25)26-3)10-12-22-21(20)15-18-7-4-5-8-19(18)16-27-22/h4-5,7-10,12,17H,6,11,13-16H2,1-3H3. The third-order valence-corrected chi connectivity index (χ3v) is 5.22. The van der Waals surface area contributed by atoms with E-state index in [2.05, 4.69) is 61.5 Å². The maximum absolute atomic E-state index is 11.7. The molecule has 4 heteroatoms. The fraction of sp³-hybridized carbons (Fsp3) is 0.435. The zero-order valence-electron chi connectivity index (χ0n) is 16.5. The molecule has 1 aromatic rings. The minimum atomic E-state index is -0.154. The van der Waals surface area contributed by atoms with E-state index < -0.39 is 0 Å². The fourth-order valence-corrected chi connectivity index (χ4v) is 3.69. The Morgan fingerprint density at radius 1 is 1.30 bits per heavy atom. The topological polar surface area (TPSA) is 38.8 Å². The molecule has 1 atom stereocenters. The lowest BCUT2D eigenvalue weighted by Gasteiger charge is -2.25. The highest BCUT2D eigenvalue weighted by atomic mass is 16.5. The van der Waals surface area contributed by atoms with Crippen LogP contribution in [0.15, 0.2) is 59.4 Å². The van der Waals surface area contributed by atoms with Crippen LogP contribution in [0, 0.1) is 5.92 Å². The summed E-state index contributed by atoms with van der Waals surface area (Å²) in [5, 5.41) is 0. The highest BCUT2D eigenvalue weighted by molar-refractivity contribution is 5.69. The molecule has 0 aromatic heterocycles. The molecule has 0 saturated heterocycles. The molecule has 27 heavy (non-hydrogen) atoms. The van der Waals surface area contributed by atoms with Crippen molar-refractivity contribution in [2.45, 2.75) is 32.3 Å². The highest BCUT2D eigenvalue weighted by Crippen LogP contribution is 2.38. The number of methoxy groups -OCH3 is 1. The Bertz CT molecular complexity index is 774. The van der Waals surface area contributed by atoms with Crippen molar-refractivity contribution in [3.8, 4) is 0 Å². The Morgan fingerprint density at radius 3 is 2.81 bits per heavy atom. The van der Waals surface area contributed by atoms with Gasteiger partial charge in [-0.1, -0.05) is 36.4 Å². The van der Waals surface area contributed by atoms with Gasteiger partial charge in [-0.2, -0.15) is 0 Å². The first-order valence-electron chi connectivity index (χ1n) is 9.61. The lowest BCUT2D eigenvalue weighted by molar-refractivity contribution is -0.140. The first-order chi connectivity index (χ1) is 13.1. The van der Waals surface area contributed by atoms with E-state index in [4.69, 9.17) is 9.47 Å². The summed E-state index contributed by atoms with van der Waals surface area (Å²) in [4.78, 5) is 13.8. The number of ether oxygens (including phenoxy) is 2. The molecule has 0 radical (unpaired) electrons. The summed E-state index contributed by atoms with van der Waals surface area (Å²) in [6.07, 6.45) is 9.64. The quantitative estimate of drug-likeness (QED) is 0.712.